The van der Waals surface area contributed by atoms with Crippen molar-refractivity contribution in [1.82, 2.24) is 0 Å². The Kier molecular flexibility index (Phi) is 6.28. The highest BCUT2D eigenvalue weighted by molar-refractivity contribution is 6.46. The lowest BCUT2D eigenvalue weighted by atomic mass is 9.95. The van der Waals surface area contributed by atoms with Crippen molar-refractivity contribution in [3.63, 3.8) is 0 Å². The van der Waals surface area contributed by atoms with Crippen LogP contribution in [0.5, 0.6) is 0 Å². The van der Waals surface area contributed by atoms with Gasteiger partial charge < -0.3 is 10.6 Å². The Hall–Kier alpha value is -6.90. The second kappa shape index (κ2) is 11.3. The van der Waals surface area contributed by atoms with Gasteiger partial charge in [-0.1, -0.05) is 133 Å². The predicted molar refractivity (Wildman–Crippen MR) is 224 cm³/mol. The molecule has 0 saturated heterocycles. The van der Waals surface area contributed by atoms with E-state index in [-0.39, 0.29) is 0 Å². The Morgan fingerprint density at radius 3 is 1.48 bits per heavy atom. The summed E-state index contributed by atoms with van der Waals surface area (Å²) in [7, 11) is 0. The zero-order valence-corrected chi connectivity index (χ0v) is 28.3. The molecule has 0 atom stereocenters. The number of rotatable bonds is 6. The molecule has 2 N–H and O–H groups in total. The average molecular weight is 661 g/mol. The highest BCUT2D eigenvalue weighted by Crippen LogP contribution is 2.53. The Morgan fingerprint density at radius 2 is 0.788 bits per heavy atom. The summed E-state index contributed by atoms with van der Waals surface area (Å²) in [6.07, 6.45) is 0. The van der Waals surface area contributed by atoms with Crippen LogP contribution in [0.2, 0.25) is 0 Å². The standard InChI is InChI=1S/C50H32N2/c1-5-13-31(14-6-1)34-29-33-21-27-44(52-36-19-11-4-12-20-36)50-45(33)42(30-34)39-23-25-41-47(49(39)50)40-24-22-37(32-15-7-2-8-16-32)38-26-28-43(48(41)46(38)40)51-35-17-9-3-10-18-35/h1-30,51-52H. The monoisotopic (exact) mass is 660 g/mol. The van der Waals surface area contributed by atoms with Crippen LogP contribution in [0.3, 0.4) is 0 Å². The number of fused-ring (bicyclic) bond motifs is 7. The first-order valence-corrected chi connectivity index (χ1v) is 17.9. The van der Waals surface area contributed by atoms with Crippen LogP contribution in [0.15, 0.2) is 182 Å². The molecule has 0 unspecified atom stereocenters. The summed E-state index contributed by atoms with van der Waals surface area (Å²) in [4.78, 5) is 0. The van der Waals surface area contributed by atoms with Gasteiger partial charge in [0, 0.05) is 44.3 Å². The van der Waals surface area contributed by atoms with E-state index < -0.39 is 0 Å². The maximum atomic E-state index is 3.84. The van der Waals surface area contributed by atoms with Crippen LogP contribution in [0.25, 0.3) is 86.9 Å². The number of hydrogen-bond donors (Lipinski definition) is 2. The molecule has 0 aliphatic rings. The van der Waals surface area contributed by atoms with Gasteiger partial charge in [0.1, 0.15) is 0 Å². The summed E-state index contributed by atoms with van der Waals surface area (Å²) in [6, 6.07) is 66.0. The first-order chi connectivity index (χ1) is 25.8. The maximum Gasteiger partial charge on any atom is 0.0471 e. The van der Waals surface area contributed by atoms with Crippen LogP contribution >= 0.6 is 0 Å². The van der Waals surface area contributed by atoms with Gasteiger partial charge in [0.2, 0.25) is 0 Å². The molecule has 2 heteroatoms. The number of para-hydroxylation sites is 2. The first kappa shape index (κ1) is 28.9. The average Bonchev–Trinajstić information content (AvgIpc) is 3.73. The lowest BCUT2D eigenvalue weighted by Gasteiger charge is -2.13. The van der Waals surface area contributed by atoms with E-state index in [1.165, 1.54) is 86.9 Å². The van der Waals surface area contributed by atoms with Crippen LogP contribution in [0.4, 0.5) is 22.7 Å². The van der Waals surface area contributed by atoms with Crippen LogP contribution in [0, 0.1) is 0 Å². The number of nitrogens with one attached hydrogen (secondary N) is 2. The molecule has 0 aliphatic heterocycles. The fourth-order valence-corrected chi connectivity index (χ4v) is 8.68. The fraction of sp³-hybridized carbons (Fsp3) is 0. The van der Waals surface area contributed by atoms with Crippen molar-refractivity contribution in [1.29, 1.82) is 0 Å². The zero-order chi connectivity index (χ0) is 34.2. The molecular formula is C50H32N2. The van der Waals surface area contributed by atoms with E-state index in [1.807, 2.05) is 0 Å². The second-order valence-corrected chi connectivity index (χ2v) is 13.8. The van der Waals surface area contributed by atoms with E-state index in [9.17, 15) is 0 Å². The predicted octanol–water partition coefficient (Wildman–Crippen LogP) is 14.3. The molecule has 0 amide bonds. The van der Waals surface area contributed by atoms with Gasteiger partial charge in [0.15, 0.2) is 0 Å². The molecule has 0 fully saturated rings. The van der Waals surface area contributed by atoms with Crippen molar-refractivity contribution in [3.05, 3.63) is 182 Å². The highest BCUT2D eigenvalue weighted by Gasteiger charge is 2.24. The van der Waals surface area contributed by atoms with Crippen molar-refractivity contribution in [2.24, 2.45) is 0 Å². The highest BCUT2D eigenvalue weighted by atomic mass is 14.9. The van der Waals surface area contributed by atoms with E-state index in [0.717, 1.165) is 22.7 Å². The van der Waals surface area contributed by atoms with Crippen molar-refractivity contribution >= 4 is 87.4 Å². The fourth-order valence-electron chi connectivity index (χ4n) is 8.68. The third-order valence-electron chi connectivity index (χ3n) is 10.9. The molecule has 0 bridgehead atoms. The van der Waals surface area contributed by atoms with Crippen molar-refractivity contribution in [3.8, 4) is 22.3 Å². The maximum absolute atomic E-state index is 3.84. The lowest BCUT2D eigenvalue weighted by molar-refractivity contribution is 1.59. The Labute approximate surface area is 301 Å². The molecule has 0 aliphatic carbocycles. The molecule has 2 nitrogen and oxygen atoms in total. The summed E-state index contributed by atoms with van der Waals surface area (Å²) in [5, 5.41) is 23.0. The Balaban J connectivity index is 1.31. The molecule has 0 aromatic heterocycles. The van der Waals surface area contributed by atoms with Crippen LogP contribution in [-0.2, 0) is 0 Å². The molecule has 0 heterocycles. The first-order valence-electron chi connectivity index (χ1n) is 17.9. The summed E-state index contributed by atoms with van der Waals surface area (Å²) in [5.74, 6) is 0. The van der Waals surface area contributed by atoms with Crippen LogP contribution in [0.1, 0.15) is 0 Å². The van der Waals surface area contributed by atoms with Gasteiger partial charge in [-0.3, -0.25) is 0 Å². The van der Waals surface area contributed by atoms with Gasteiger partial charge in [-0.25, -0.2) is 0 Å². The summed E-state index contributed by atoms with van der Waals surface area (Å²) in [6.45, 7) is 0. The molecule has 242 valence electrons. The quantitative estimate of drug-likeness (QED) is 0.185. The third-order valence-corrected chi connectivity index (χ3v) is 10.9. The smallest absolute Gasteiger partial charge is 0.0471 e. The third kappa shape index (κ3) is 4.31. The van der Waals surface area contributed by atoms with Gasteiger partial charge in [0.25, 0.3) is 0 Å². The van der Waals surface area contributed by atoms with Gasteiger partial charge in [0.05, 0.1) is 0 Å². The molecular weight excluding hydrogens is 629 g/mol. The van der Waals surface area contributed by atoms with Crippen molar-refractivity contribution < 1.29 is 0 Å². The molecule has 52 heavy (non-hydrogen) atoms. The van der Waals surface area contributed by atoms with Gasteiger partial charge >= 0.3 is 0 Å². The van der Waals surface area contributed by atoms with E-state index >= 15 is 0 Å². The van der Waals surface area contributed by atoms with Crippen LogP contribution < -0.4 is 10.6 Å². The zero-order valence-electron chi connectivity index (χ0n) is 28.3. The normalized spacial score (nSPS) is 11.8. The van der Waals surface area contributed by atoms with Gasteiger partial charge in [-0.15, -0.1) is 0 Å². The summed E-state index contributed by atoms with van der Waals surface area (Å²) in [5.41, 5.74) is 9.33. The largest absolute Gasteiger partial charge is 0.355 e. The van der Waals surface area contributed by atoms with Gasteiger partial charge in [-0.2, -0.15) is 0 Å². The minimum Gasteiger partial charge on any atom is -0.355 e. The van der Waals surface area contributed by atoms with Gasteiger partial charge in [-0.05, 0) is 114 Å². The topological polar surface area (TPSA) is 24.1 Å². The minimum atomic E-state index is 1.08. The number of benzene rings is 9. The SMILES string of the molecule is c1ccc(Nc2ccc3c(-c4ccccc4)ccc4c3c2c2ccc3c5cc(-c6ccccc6)cc6ccc(Nc7ccccc7)c(c65)c3c24)cc1. The van der Waals surface area contributed by atoms with Crippen LogP contribution in [-0.4, -0.2) is 0 Å². The van der Waals surface area contributed by atoms with E-state index in [2.05, 4.69) is 193 Å². The van der Waals surface area contributed by atoms with E-state index in [1.54, 1.807) is 0 Å². The summed E-state index contributed by atoms with van der Waals surface area (Å²) >= 11 is 0. The molecule has 11 aromatic rings. The Morgan fingerprint density at radius 1 is 0.269 bits per heavy atom. The minimum absolute atomic E-state index is 1.08. The van der Waals surface area contributed by atoms with E-state index in [4.69, 9.17) is 0 Å². The molecule has 0 spiro atoms. The molecule has 0 radical (unpaired) electrons. The molecule has 11 aromatic carbocycles. The van der Waals surface area contributed by atoms with Crippen molar-refractivity contribution in [2.75, 3.05) is 10.6 Å². The number of hydrogen-bond acceptors (Lipinski definition) is 2. The molecule has 0 saturated carbocycles. The number of anilines is 4. The van der Waals surface area contributed by atoms with Crippen molar-refractivity contribution in [2.45, 2.75) is 0 Å². The summed E-state index contributed by atoms with van der Waals surface area (Å²) < 4.78 is 0. The lowest BCUT2D eigenvalue weighted by Crippen LogP contribution is -1.91. The Bertz CT molecular complexity index is 3080. The molecule has 11 rings (SSSR count). The second-order valence-electron chi connectivity index (χ2n) is 13.8. The van der Waals surface area contributed by atoms with E-state index in [0.29, 0.717) is 0 Å².